The Balaban J connectivity index is 1.31. The molecule has 1 N–H and O–H groups in total. The van der Waals surface area contributed by atoms with E-state index in [2.05, 4.69) is 49.5 Å². The van der Waals surface area contributed by atoms with Crippen LogP contribution in [0.15, 0.2) is 47.1 Å². The Morgan fingerprint density at radius 1 is 1.21 bits per heavy atom. The third kappa shape index (κ3) is 4.40. The van der Waals surface area contributed by atoms with Gasteiger partial charge in [-0.05, 0) is 31.5 Å². The zero-order valence-corrected chi connectivity index (χ0v) is 17.0. The molecule has 0 bridgehead atoms. The van der Waals surface area contributed by atoms with Crippen LogP contribution in [-0.4, -0.2) is 59.7 Å². The Morgan fingerprint density at radius 2 is 1.97 bits per heavy atom. The molecule has 1 aromatic carbocycles. The summed E-state index contributed by atoms with van der Waals surface area (Å²) in [4.78, 5) is 21.7. The fourth-order valence-electron chi connectivity index (χ4n) is 3.83. The van der Waals surface area contributed by atoms with Crippen LogP contribution in [0.5, 0.6) is 0 Å². The van der Waals surface area contributed by atoms with Gasteiger partial charge in [-0.2, -0.15) is 0 Å². The number of fused-ring (bicyclic) bond motifs is 1. The van der Waals surface area contributed by atoms with Gasteiger partial charge in [0.05, 0.1) is 16.6 Å². The van der Waals surface area contributed by atoms with E-state index in [1.165, 1.54) is 5.69 Å². The molecule has 4 rings (SSSR count). The zero-order valence-electron chi connectivity index (χ0n) is 17.0. The van der Waals surface area contributed by atoms with Crippen LogP contribution in [0, 0.1) is 0 Å². The number of pyridine rings is 1. The van der Waals surface area contributed by atoms with E-state index in [-0.39, 0.29) is 11.9 Å². The smallest absolute Gasteiger partial charge is 0.257 e. The van der Waals surface area contributed by atoms with E-state index in [4.69, 9.17) is 4.52 Å². The van der Waals surface area contributed by atoms with Crippen LogP contribution in [0.4, 0.5) is 5.69 Å². The molecule has 29 heavy (non-hydrogen) atoms. The second-order valence-corrected chi connectivity index (χ2v) is 7.56. The highest BCUT2D eigenvalue weighted by Gasteiger charge is 2.20. The number of nitrogens with one attached hydrogen (secondary N) is 1. The molecule has 0 aliphatic carbocycles. The van der Waals surface area contributed by atoms with Crippen molar-refractivity contribution in [3.8, 4) is 0 Å². The number of piperazine rings is 1. The molecular formula is C22H27N5O2. The van der Waals surface area contributed by atoms with E-state index >= 15 is 0 Å². The van der Waals surface area contributed by atoms with E-state index in [0.29, 0.717) is 11.3 Å². The Labute approximate surface area is 170 Å². The molecule has 1 saturated heterocycles. The standard InChI is InChI=1S/C22H27N5O2/c1-3-20-19-13-17(14-23-22(19)29-25-20)21(28)24-16(2)15-26-9-11-27(12-10-26)18-7-5-4-6-8-18/h4-8,13-14,16H,3,9-12,15H2,1-2H3,(H,24,28)/t16-/m1/s1. The first-order valence-electron chi connectivity index (χ1n) is 10.2. The molecule has 1 amide bonds. The summed E-state index contributed by atoms with van der Waals surface area (Å²) in [7, 11) is 0. The topological polar surface area (TPSA) is 74.5 Å². The molecule has 3 aromatic rings. The Kier molecular flexibility index (Phi) is 5.76. The fraction of sp³-hybridized carbons (Fsp3) is 0.409. The van der Waals surface area contributed by atoms with Gasteiger partial charge in [0.2, 0.25) is 0 Å². The molecule has 2 aromatic heterocycles. The third-order valence-electron chi connectivity index (χ3n) is 5.40. The highest BCUT2D eigenvalue weighted by atomic mass is 16.5. The van der Waals surface area contributed by atoms with E-state index in [1.807, 2.05) is 26.0 Å². The quantitative estimate of drug-likeness (QED) is 0.694. The monoisotopic (exact) mass is 393 g/mol. The fourth-order valence-corrected chi connectivity index (χ4v) is 3.83. The van der Waals surface area contributed by atoms with Crippen molar-refractivity contribution in [1.29, 1.82) is 0 Å². The average Bonchev–Trinajstić information content (AvgIpc) is 3.17. The van der Waals surface area contributed by atoms with Gasteiger partial charge in [0.1, 0.15) is 0 Å². The lowest BCUT2D eigenvalue weighted by molar-refractivity contribution is 0.0928. The number of rotatable bonds is 6. The summed E-state index contributed by atoms with van der Waals surface area (Å²) in [6.07, 6.45) is 2.29. The molecule has 152 valence electrons. The number of carbonyl (C=O) groups is 1. The van der Waals surface area contributed by atoms with Gasteiger partial charge < -0.3 is 14.7 Å². The maximum Gasteiger partial charge on any atom is 0.257 e. The van der Waals surface area contributed by atoms with Crippen molar-refractivity contribution < 1.29 is 9.32 Å². The summed E-state index contributed by atoms with van der Waals surface area (Å²) in [5.41, 5.74) is 3.11. The molecule has 0 spiro atoms. The van der Waals surface area contributed by atoms with Crippen LogP contribution in [0.2, 0.25) is 0 Å². The summed E-state index contributed by atoms with van der Waals surface area (Å²) in [6.45, 7) is 8.86. The third-order valence-corrected chi connectivity index (χ3v) is 5.40. The maximum atomic E-state index is 12.7. The van der Waals surface area contributed by atoms with Gasteiger partial charge >= 0.3 is 0 Å². The highest BCUT2D eigenvalue weighted by Crippen LogP contribution is 2.18. The van der Waals surface area contributed by atoms with E-state index in [0.717, 1.165) is 50.2 Å². The molecule has 0 unspecified atom stereocenters. The van der Waals surface area contributed by atoms with Crippen molar-refractivity contribution in [2.75, 3.05) is 37.6 Å². The lowest BCUT2D eigenvalue weighted by atomic mass is 10.1. The van der Waals surface area contributed by atoms with Gasteiger partial charge in [-0.3, -0.25) is 9.69 Å². The number of anilines is 1. The van der Waals surface area contributed by atoms with Crippen LogP contribution in [0.1, 0.15) is 29.9 Å². The molecule has 3 heterocycles. The van der Waals surface area contributed by atoms with Crippen LogP contribution < -0.4 is 10.2 Å². The summed E-state index contributed by atoms with van der Waals surface area (Å²) in [6, 6.07) is 12.4. The molecule has 7 nitrogen and oxygen atoms in total. The van der Waals surface area contributed by atoms with Crippen molar-refractivity contribution in [2.24, 2.45) is 0 Å². The Morgan fingerprint density at radius 3 is 2.69 bits per heavy atom. The average molecular weight is 393 g/mol. The minimum atomic E-state index is -0.113. The first-order chi connectivity index (χ1) is 14.1. The van der Waals surface area contributed by atoms with Gasteiger partial charge in [0, 0.05) is 50.6 Å². The predicted octanol–water partition coefficient (Wildman–Crippen LogP) is 2.73. The summed E-state index contributed by atoms with van der Waals surface area (Å²) < 4.78 is 5.19. The summed E-state index contributed by atoms with van der Waals surface area (Å²) >= 11 is 0. The van der Waals surface area contributed by atoms with E-state index in [1.54, 1.807) is 6.20 Å². The second kappa shape index (κ2) is 8.61. The zero-order chi connectivity index (χ0) is 20.2. The van der Waals surface area contributed by atoms with Crippen LogP contribution >= 0.6 is 0 Å². The minimum Gasteiger partial charge on any atom is -0.369 e. The number of para-hydroxylation sites is 1. The lowest BCUT2D eigenvalue weighted by Crippen LogP contribution is -2.50. The highest BCUT2D eigenvalue weighted by molar-refractivity contribution is 5.97. The van der Waals surface area contributed by atoms with Crippen molar-refractivity contribution in [1.82, 2.24) is 20.4 Å². The minimum absolute atomic E-state index is 0.0505. The number of nitrogens with zero attached hydrogens (tertiary/aromatic N) is 4. The molecule has 0 radical (unpaired) electrons. The van der Waals surface area contributed by atoms with Crippen LogP contribution in [0.3, 0.4) is 0 Å². The SMILES string of the molecule is CCc1noc2ncc(C(=O)N[C@H](C)CN3CCN(c4ccccc4)CC3)cc12. The molecule has 7 heteroatoms. The van der Waals surface area contributed by atoms with Gasteiger partial charge in [0.15, 0.2) is 0 Å². The number of benzene rings is 1. The molecule has 0 saturated carbocycles. The number of aryl methyl sites for hydroxylation is 1. The van der Waals surface area contributed by atoms with Crippen LogP contribution in [-0.2, 0) is 6.42 Å². The maximum absolute atomic E-state index is 12.7. The normalized spacial score (nSPS) is 16.1. The first kappa shape index (κ1) is 19.4. The molecular weight excluding hydrogens is 366 g/mol. The van der Waals surface area contributed by atoms with E-state index < -0.39 is 0 Å². The van der Waals surface area contributed by atoms with E-state index in [9.17, 15) is 4.79 Å². The lowest BCUT2D eigenvalue weighted by Gasteiger charge is -2.37. The molecule has 1 aliphatic rings. The Hall–Kier alpha value is -2.93. The van der Waals surface area contributed by atoms with Crippen molar-refractivity contribution >= 4 is 22.7 Å². The summed E-state index contributed by atoms with van der Waals surface area (Å²) in [5.74, 6) is -0.113. The van der Waals surface area contributed by atoms with Crippen molar-refractivity contribution in [3.63, 3.8) is 0 Å². The number of hydrogen-bond donors (Lipinski definition) is 1. The largest absolute Gasteiger partial charge is 0.369 e. The van der Waals surface area contributed by atoms with Crippen LogP contribution in [0.25, 0.3) is 11.1 Å². The number of amides is 1. The van der Waals surface area contributed by atoms with Gasteiger partial charge in [-0.1, -0.05) is 30.3 Å². The number of hydrogen-bond acceptors (Lipinski definition) is 6. The Bertz CT molecular complexity index is 964. The number of aromatic nitrogens is 2. The summed E-state index contributed by atoms with van der Waals surface area (Å²) in [5, 5.41) is 7.91. The first-order valence-corrected chi connectivity index (χ1v) is 10.2. The second-order valence-electron chi connectivity index (χ2n) is 7.56. The predicted molar refractivity (Wildman–Crippen MR) is 113 cm³/mol. The molecule has 1 fully saturated rings. The van der Waals surface area contributed by atoms with Crippen molar-refractivity contribution in [3.05, 3.63) is 53.9 Å². The van der Waals surface area contributed by atoms with Gasteiger partial charge in [-0.15, -0.1) is 0 Å². The molecule has 1 aliphatic heterocycles. The van der Waals surface area contributed by atoms with Gasteiger partial charge in [0.25, 0.3) is 11.6 Å². The van der Waals surface area contributed by atoms with Gasteiger partial charge in [-0.25, -0.2) is 4.98 Å². The van der Waals surface area contributed by atoms with Crippen molar-refractivity contribution in [2.45, 2.75) is 26.3 Å². The number of carbonyl (C=O) groups excluding carboxylic acids is 1. The molecule has 1 atom stereocenters.